The van der Waals surface area contributed by atoms with Gasteiger partial charge in [0.2, 0.25) is 5.91 Å². The maximum absolute atomic E-state index is 12.1. The number of carbonyl (C=O) groups is 2. The minimum atomic E-state index is -0.269. The lowest BCUT2D eigenvalue weighted by Gasteiger charge is -2.38. The Morgan fingerprint density at radius 1 is 1.40 bits per heavy atom. The van der Waals surface area contributed by atoms with Gasteiger partial charge in [0.05, 0.1) is 6.61 Å². The Balaban J connectivity index is 1.92. The van der Waals surface area contributed by atoms with Crippen molar-refractivity contribution in [3.63, 3.8) is 0 Å². The molecule has 1 heterocycles. The van der Waals surface area contributed by atoms with Crippen molar-refractivity contribution >= 4 is 17.5 Å². The molecule has 0 atom stereocenters. The van der Waals surface area contributed by atoms with Gasteiger partial charge in [-0.2, -0.15) is 0 Å². The maximum Gasteiger partial charge on any atom is 0.253 e. The van der Waals surface area contributed by atoms with Gasteiger partial charge in [0.1, 0.15) is 0 Å². The second-order valence-corrected chi connectivity index (χ2v) is 4.80. The van der Waals surface area contributed by atoms with Gasteiger partial charge in [-0.3, -0.25) is 9.59 Å². The van der Waals surface area contributed by atoms with Gasteiger partial charge < -0.3 is 15.0 Å². The number of nitrogens with zero attached hydrogens (tertiary/aromatic N) is 1. The zero-order valence-electron chi connectivity index (χ0n) is 11.5. The zero-order chi connectivity index (χ0) is 14.5. The minimum absolute atomic E-state index is 0.0129. The zero-order valence-corrected chi connectivity index (χ0v) is 11.5. The minimum Gasteiger partial charge on any atom is -0.384 e. The van der Waals surface area contributed by atoms with Crippen LogP contribution in [0.2, 0.25) is 0 Å². The molecular formula is C15H18N2O3. The van der Waals surface area contributed by atoms with Gasteiger partial charge in [0.25, 0.3) is 5.91 Å². The Bertz CT molecular complexity index is 504. The smallest absolute Gasteiger partial charge is 0.253 e. The molecule has 1 saturated heterocycles. The van der Waals surface area contributed by atoms with Gasteiger partial charge in [-0.15, -0.1) is 0 Å². The van der Waals surface area contributed by atoms with Crippen LogP contribution in [0.1, 0.15) is 10.4 Å². The molecule has 0 radical (unpaired) electrons. The SMILES string of the molecule is C=CC(=O)Nc1ccc(C(=O)N2CC(COC)C2)cc1. The van der Waals surface area contributed by atoms with Crippen LogP contribution >= 0.6 is 0 Å². The van der Waals surface area contributed by atoms with E-state index in [9.17, 15) is 9.59 Å². The maximum atomic E-state index is 12.1. The number of nitrogens with one attached hydrogen (secondary N) is 1. The Hall–Kier alpha value is -2.14. The molecule has 1 fully saturated rings. The van der Waals surface area contributed by atoms with Crippen LogP contribution in [-0.4, -0.2) is 43.5 Å². The molecule has 0 bridgehead atoms. The van der Waals surface area contributed by atoms with Gasteiger partial charge in [-0.1, -0.05) is 6.58 Å². The number of carbonyl (C=O) groups excluding carboxylic acids is 2. The molecule has 20 heavy (non-hydrogen) atoms. The van der Waals surface area contributed by atoms with Crippen molar-refractivity contribution in [1.82, 2.24) is 4.90 Å². The first kappa shape index (κ1) is 14.3. The molecule has 1 aliphatic rings. The molecule has 1 N–H and O–H groups in total. The fourth-order valence-electron chi connectivity index (χ4n) is 2.15. The number of methoxy groups -OCH3 is 1. The predicted octanol–water partition coefficient (Wildman–Crippen LogP) is 1.53. The molecule has 5 heteroatoms. The number of hydrogen-bond acceptors (Lipinski definition) is 3. The standard InChI is InChI=1S/C15H18N2O3/c1-3-14(18)16-13-6-4-12(5-7-13)15(19)17-8-11(9-17)10-20-2/h3-7,11H,1,8-10H2,2H3,(H,16,18). The predicted molar refractivity (Wildman–Crippen MR) is 76.5 cm³/mol. The molecular weight excluding hydrogens is 256 g/mol. The van der Waals surface area contributed by atoms with E-state index in [2.05, 4.69) is 11.9 Å². The Kier molecular flexibility index (Phi) is 4.53. The third-order valence-electron chi connectivity index (χ3n) is 3.23. The molecule has 1 aliphatic heterocycles. The summed E-state index contributed by atoms with van der Waals surface area (Å²) >= 11 is 0. The van der Waals surface area contributed by atoms with Crippen molar-refractivity contribution < 1.29 is 14.3 Å². The molecule has 1 aromatic carbocycles. The van der Waals surface area contributed by atoms with Gasteiger partial charge >= 0.3 is 0 Å². The second kappa shape index (κ2) is 6.34. The normalized spacial score (nSPS) is 14.6. The average Bonchev–Trinajstić information content (AvgIpc) is 2.42. The Morgan fingerprint density at radius 2 is 2.05 bits per heavy atom. The number of anilines is 1. The largest absolute Gasteiger partial charge is 0.384 e. The van der Waals surface area contributed by atoms with Crippen molar-refractivity contribution in [2.24, 2.45) is 5.92 Å². The number of benzene rings is 1. The average molecular weight is 274 g/mol. The van der Waals surface area contributed by atoms with Gasteiger partial charge in [0.15, 0.2) is 0 Å². The third kappa shape index (κ3) is 3.24. The highest BCUT2D eigenvalue weighted by Gasteiger charge is 2.30. The van der Waals surface area contributed by atoms with E-state index in [4.69, 9.17) is 4.74 Å². The first-order valence-corrected chi connectivity index (χ1v) is 6.45. The lowest BCUT2D eigenvalue weighted by Crippen LogP contribution is -2.51. The molecule has 0 saturated carbocycles. The van der Waals surface area contributed by atoms with E-state index >= 15 is 0 Å². The highest BCUT2D eigenvalue weighted by atomic mass is 16.5. The summed E-state index contributed by atoms with van der Waals surface area (Å²) in [6.45, 7) is 5.55. The van der Waals surface area contributed by atoms with Crippen molar-refractivity contribution in [2.45, 2.75) is 0 Å². The van der Waals surface area contributed by atoms with E-state index in [-0.39, 0.29) is 11.8 Å². The van der Waals surface area contributed by atoms with E-state index in [1.165, 1.54) is 6.08 Å². The van der Waals surface area contributed by atoms with E-state index in [0.717, 1.165) is 13.1 Å². The molecule has 1 aromatic rings. The Labute approximate surface area is 118 Å². The molecule has 0 spiro atoms. The summed E-state index contributed by atoms with van der Waals surface area (Å²) in [5, 5.41) is 2.64. The van der Waals surface area contributed by atoms with Crippen LogP contribution in [0.5, 0.6) is 0 Å². The number of rotatable bonds is 5. The van der Waals surface area contributed by atoms with Gasteiger partial charge in [-0.25, -0.2) is 0 Å². The van der Waals surface area contributed by atoms with Crippen molar-refractivity contribution in [3.05, 3.63) is 42.5 Å². The summed E-state index contributed by atoms with van der Waals surface area (Å²) in [7, 11) is 1.67. The summed E-state index contributed by atoms with van der Waals surface area (Å²) in [5.74, 6) is 0.184. The van der Waals surface area contributed by atoms with Crippen LogP contribution in [0.4, 0.5) is 5.69 Å². The van der Waals surface area contributed by atoms with Gasteiger partial charge in [-0.05, 0) is 30.3 Å². The lowest BCUT2D eigenvalue weighted by atomic mass is 10.00. The Morgan fingerprint density at radius 3 is 2.60 bits per heavy atom. The van der Waals surface area contributed by atoms with Crippen LogP contribution < -0.4 is 5.32 Å². The van der Waals surface area contributed by atoms with Crippen LogP contribution in [0.3, 0.4) is 0 Å². The lowest BCUT2D eigenvalue weighted by molar-refractivity contribution is -0.111. The van der Waals surface area contributed by atoms with Crippen LogP contribution in [0.15, 0.2) is 36.9 Å². The van der Waals surface area contributed by atoms with Crippen LogP contribution in [0, 0.1) is 5.92 Å². The molecule has 0 aliphatic carbocycles. The number of amides is 2. The quantitative estimate of drug-likeness (QED) is 0.828. The second-order valence-electron chi connectivity index (χ2n) is 4.80. The highest BCUT2D eigenvalue weighted by Crippen LogP contribution is 2.19. The molecule has 2 amide bonds. The molecule has 0 unspecified atom stereocenters. The fraction of sp³-hybridized carbons (Fsp3) is 0.333. The topological polar surface area (TPSA) is 58.6 Å². The summed E-state index contributed by atoms with van der Waals surface area (Å²) < 4.78 is 5.06. The van der Waals surface area contributed by atoms with E-state index < -0.39 is 0 Å². The summed E-state index contributed by atoms with van der Waals surface area (Å²) in [6.07, 6.45) is 1.20. The van der Waals surface area contributed by atoms with Crippen molar-refractivity contribution in [1.29, 1.82) is 0 Å². The number of hydrogen-bond donors (Lipinski definition) is 1. The molecule has 2 rings (SSSR count). The molecule has 5 nitrogen and oxygen atoms in total. The summed E-state index contributed by atoms with van der Waals surface area (Å²) in [4.78, 5) is 25.1. The van der Waals surface area contributed by atoms with Crippen molar-refractivity contribution in [3.8, 4) is 0 Å². The first-order valence-electron chi connectivity index (χ1n) is 6.45. The van der Waals surface area contributed by atoms with E-state index in [1.807, 2.05) is 0 Å². The van der Waals surface area contributed by atoms with E-state index in [0.29, 0.717) is 23.8 Å². The van der Waals surface area contributed by atoms with E-state index in [1.54, 1.807) is 36.3 Å². The van der Waals surface area contributed by atoms with Crippen LogP contribution in [0.25, 0.3) is 0 Å². The van der Waals surface area contributed by atoms with Crippen molar-refractivity contribution in [2.75, 3.05) is 32.1 Å². The molecule has 0 aromatic heterocycles. The van der Waals surface area contributed by atoms with Crippen LogP contribution in [-0.2, 0) is 9.53 Å². The van der Waals surface area contributed by atoms with Gasteiger partial charge in [0, 0.05) is 37.4 Å². The third-order valence-corrected chi connectivity index (χ3v) is 3.23. The fourth-order valence-corrected chi connectivity index (χ4v) is 2.15. The monoisotopic (exact) mass is 274 g/mol. The molecule has 106 valence electrons. The number of ether oxygens (including phenoxy) is 1. The number of likely N-dealkylation sites (tertiary alicyclic amines) is 1. The summed E-state index contributed by atoms with van der Waals surface area (Å²) in [5.41, 5.74) is 1.27. The first-order chi connectivity index (χ1) is 9.63. The summed E-state index contributed by atoms with van der Waals surface area (Å²) in [6, 6.07) is 6.84. The highest BCUT2D eigenvalue weighted by molar-refractivity contribution is 5.99.